The lowest BCUT2D eigenvalue weighted by atomic mass is 10.1. The lowest BCUT2D eigenvalue weighted by Crippen LogP contribution is -2.52. The Morgan fingerprint density at radius 3 is 2.72 bits per heavy atom. The minimum Gasteiger partial charge on any atom is -0.326 e. The second kappa shape index (κ2) is 8.27. The molecule has 32 heavy (non-hydrogen) atoms. The van der Waals surface area contributed by atoms with Gasteiger partial charge in [0, 0.05) is 55.1 Å². The Balaban J connectivity index is 1.25. The molecule has 1 unspecified atom stereocenters. The van der Waals surface area contributed by atoms with E-state index in [1.54, 1.807) is 28.8 Å². The molecule has 166 valence electrons. The molecular formula is C24H26N4O3S. The van der Waals surface area contributed by atoms with Gasteiger partial charge in [-0.05, 0) is 60.5 Å². The van der Waals surface area contributed by atoms with E-state index in [9.17, 15) is 13.2 Å². The van der Waals surface area contributed by atoms with Crippen molar-refractivity contribution in [1.82, 2.24) is 14.6 Å². The van der Waals surface area contributed by atoms with Crippen LogP contribution in [0.1, 0.15) is 24.8 Å². The first-order valence-electron chi connectivity index (χ1n) is 10.9. The van der Waals surface area contributed by atoms with Crippen molar-refractivity contribution >= 4 is 32.4 Å². The van der Waals surface area contributed by atoms with E-state index < -0.39 is 10.0 Å². The van der Waals surface area contributed by atoms with Gasteiger partial charge < -0.3 is 10.6 Å². The summed E-state index contributed by atoms with van der Waals surface area (Å²) in [5.41, 5.74) is 1.77. The van der Waals surface area contributed by atoms with Gasteiger partial charge >= 0.3 is 0 Å². The number of fused-ring (bicyclic) bond motifs is 1. The summed E-state index contributed by atoms with van der Waals surface area (Å²) in [5, 5.41) is 8.28. The molecule has 2 aliphatic rings. The summed E-state index contributed by atoms with van der Waals surface area (Å²) in [7, 11) is -3.51. The van der Waals surface area contributed by atoms with Crippen LogP contribution in [0.2, 0.25) is 0 Å². The van der Waals surface area contributed by atoms with Crippen molar-refractivity contribution in [3.8, 4) is 0 Å². The molecule has 2 fully saturated rings. The number of amides is 1. The van der Waals surface area contributed by atoms with Gasteiger partial charge in [0.15, 0.2) is 0 Å². The topological polar surface area (TPSA) is 91.4 Å². The molecule has 1 aromatic heterocycles. The summed E-state index contributed by atoms with van der Waals surface area (Å²) in [4.78, 5) is 17.1. The van der Waals surface area contributed by atoms with Crippen LogP contribution >= 0.6 is 0 Å². The van der Waals surface area contributed by atoms with E-state index >= 15 is 0 Å². The summed E-state index contributed by atoms with van der Waals surface area (Å²) in [6.45, 7) is 3.71. The van der Waals surface area contributed by atoms with Gasteiger partial charge in [-0.1, -0.05) is 18.2 Å². The fraction of sp³-hybridized carbons (Fsp3) is 0.333. The molecular weight excluding hydrogens is 424 g/mol. The predicted octanol–water partition coefficient (Wildman–Crippen LogP) is 2.96. The zero-order chi connectivity index (χ0) is 22.3. The monoisotopic (exact) mass is 450 g/mol. The molecule has 0 radical (unpaired) electrons. The van der Waals surface area contributed by atoms with Gasteiger partial charge in [0.2, 0.25) is 15.9 Å². The van der Waals surface area contributed by atoms with Crippen molar-refractivity contribution in [3.63, 3.8) is 0 Å². The predicted molar refractivity (Wildman–Crippen MR) is 124 cm³/mol. The minimum absolute atomic E-state index is 0.00487. The molecule has 1 amide bonds. The number of sulfonamides is 1. The third kappa shape index (κ3) is 4.01. The first kappa shape index (κ1) is 21.1. The number of carbonyl (C=O) groups excluding carboxylic acids is 1. The zero-order valence-electron chi connectivity index (χ0n) is 17.9. The van der Waals surface area contributed by atoms with E-state index in [1.165, 1.54) is 0 Å². The van der Waals surface area contributed by atoms with Gasteiger partial charge in [-0.2, -0.15) is 4.31 Å². The van der Waals surface area contributed by atoms with E-state index in [0.717, 1.165) is 28.4 Å². The van der Waals surface area contributed by atoms with Crippen LogP contribution in [0.15, 0.2) is 65.8 Å². The smallest absolute Gasteiger partial charge is 0.243 e. The van der Waals surface area contributed by atoms with Crippen LogP contribution in [0.5, 0.6) is 0 Å². The number of carbonyl (C=O) groups is 1. The molecule has 1 saturated heterocycles. The molecule has 1 aliphatic carbocycles. The number of pyridine rings is 1. The Morgan fingerprint density at radius 2 is 1.94 bits per heavy atom. The summed E-state index contributed by atoms with van der Waals surface area (Å²) in [6, 6.07) is 14.7. The third-order valence-corrected chi connectivity index (χ3v) is 8.42. The van der Waals surface area contributed by atoms with Crippen molar-refractivity contribution in [1.29, 1.82) is 0 Å². The van der Waals surface area contributed by atoms with E-state index in [0.29, 0.717) is 24.5 Å². The molecule has 1 aliphatic heterocycles. The van der Waals surface area contributed by atoms with Gasteiger partial charge in [0.25, 0.3) is 0 Å². The molecule has 8 heteroatoms. The molecule has 0 spiro atoms. The SMILES string of the molecule is CC1CNCCN1S(=O)(=O)c1ccc([C@@H]2C[C@H]2C(=O)Nc2ccc3cnccc3c2)cc1. The van der Waals surface area contributed by atoms with Gasteiger partial charge in [-0.3, -0.25) is 9.78 Å². The fourth-order valence-corrected chi connectivity index (χ4v) is 6.08. The second-order valence-electron chi connectivity index (χ2n) is 8.61. The van der Waals surface area contributed by atoms with Crippen molar-refractivity contribution in [2.24, 2.45) is 5.92 Å². The maximum absolute atomic E-state index is 13.0. The molecule has 2 aromatic carbocycles. The van der Waals surface area contributed by atoms with E-state index in [-0.39, 0.29) is 23.8 Å². The second-order valence-corrected chi connectivity index (χ2v) is 10.5. The quantitative estimate of drug-likeness (QED) is 0.624. The lowest BCUT2D eigenvalue weighted by Gasteiger charge is -2.32. The van der Waals surface area contributed by atoms with Gasteiger partial charge in [-0.15, -0.1) is 0 Å². The number of nitrogens with one attached hydrogen (secondary N) is 2. The van der Waals surface area contributed by atoms with E-state index in [1.807, 2.05) is 43.3 Å². The average molecular weight is 451 g/mol. The first-order valence-corrected chi connectivity index (χ1v) is 12.3. The Bertz CT molecular complexity index is 1260. The number of aromatic nitrogens is 1. The number of piperazine rings is 1. The molecule has 7 nitrogen and oxygen atoms in total. The number of benzene rings is 2. The van der Waals surface area contributed by atoms with E-state index in [2.05, 4.69) is 15.6 Å². The van der Waals surface area contributed by atoms with Crippen LogP contribution in [-0.4, -0.2) is 49.3 Å². The number of hydrogen-bond acceptors (Lipinski definition) is 5. The highest BCUT2D eigenvalue weighted by Gasteiger charge is 2.44. The minimum atomic E-state index is -3.51. The van der Waals surface area contributed by atoms with Crippen molar-refractivity contribution < 1.29 is 13.2 Å². The van der Waals surface area contributed by atoms with Crippen molar-refractivity contribution in [3.05, 3.63) is 66.5 Å². The number of hydrogen-bond donors (Lipinski definition) is 2. The summed E-state index contributed by atoms with van der Waals surface area (Å²) in [5.74, 6) is 0.0167. The summed E-state index contributed by atoms with van der Waals surface area (Å²) < 4.78 is 27.5. The van der Waals surface area contributed by atoms with Gasteiger partial charge in [0.1, 0.15) is 0 Å². The Labute approximate surface area is 187 Å². The Kier molecular flexibility index (Phi) is 5.44. The zero-order valence-corrected chi connectivity index (χ0v) is 18.7. The molecule has 5 rings (SSSR count). The Hall–Kier alpha value is -2.81. The van der Waals surface area contributed by atoms with Crippen LogP contribution in [0.25, 0.3) is 10.8 Å². The van der Waals surface area contributed by atoms with Crippen molar-refractivity contribution in [2.75, 3.05) is 25.0 Å². The molecule has 2 heterocycles. The van der Waals surface area contributed by atoms with Crippen LogP contribution in [-0.2, 0) is 14.8 Å². The van der Waals surface area contributed by atoms with Crippen LogP contribution in [0, 0.1) is 5.92 Å². The van der Waals surface area contributed by atoms with E-state index in [4.69, 9.17) is 0 Å². The molecule has 2 N–H and O–H groups in total. The lowest BCUT2D eigenvalue weighted by molar-refractivity contribution is -0.117. The number of nitrogens with zero attached hydrogens (tertiary/aromatic N) is 2. The summed E-state index contributed by atoms with van der Waals surface area (Å²) in [6.07, 6.45) is 4.30. The molecule has 1 saturated carbocycles. The van der Waals surface area contributed by atoms with Crippen LogP contribution in [0.3, 0.4) is 0 Å². The van der Waals surface area contributed by atoms with Crippen LogP contribution < -0.4 is 10.6 Å². The highest BCUT2D eigenvalue weighted by Crippen LogP contribution is 2.48. The maximum Gasteiger partial charge on any atom is 0.243 e. The third-order valence-electron chi connectivity index (χ3n) is 6.39. The van der Waals surface area contributed by atoms with Gasteiger partial charge in [0.05, 0.1) is 4.90 Å². The number of rotatable bonds is 5. The summed E-state index contributed by atoms with van der Waals surface area (Å²) >= 11 is 0. The van der Waals surface area contributed by atoms with Crippen LogP contribution in [0.4, 0.5) is 5.69 Å². The maximum atomic E-state index is 13.0. The average Bonchev–Trinajstić information content (AvgIpc) is 3.60. The normalized spacial score (nSPS) is 23.7. The van der Waals surface area contributed by atoms with Crippen molar-refractivity contribution in [2.45, 2.75) is 30.2 Å². The van der Waals surface area contributed by atoms with Gasteiger partial charge in [-0.25, -0.2) is 8.42 Å². The Morgan fingerprint density at radius 1 is 1.12 bits per heavy atom. The highest BCUT2D eigenvalue weighted by atomic mass is 32.2. The first-order chi connectivity index (χ1) is 15.4. The number of anilines is 1. The molecule has 0 bridgehead atoms. The molecule has 3 atom stereocenters. The largest absolute Gasteiger partial charge is 0.326 e. The highest BCUT2D eigenvalue weighted by molar-refractivity contribution is 7.89. The molecule has 3 aromatic rings. The fourth-order valence-electron chi connectivity index (χ4n) is 4.45. The standard InChI is InChI=1S/C24H26N4O3S/c1-16-14-26-10-11-28(16)32(30,31)21-6-3-17(4-7-21)22-13-23(22)24(29)27-20-5-2-19-15-25-9-8-18(19)12-20/h2-9,12,15-16,22-23,26H,10-11,13-14H2,1H3,(H,27,29)/t16?,22-,23+/m0/s1.